The normalized spacial score (nSPS) is 9.91. The summed E-state index contributed by atoms with van der Waals surface area (Å²) in [6, 6.07) is 26.0. The third-order valence-electron chi connectivity index (χ3n) is 6.35. The van der Waals surface area contributed by atoms with E-state index < -0.39 is 0 Å². The lowest BCUT2D eigenvalue weighted by atomic mass is 10.00. The van der Waals surface area contributed by atoms with Crippen molar-refractivity contribution in [2.24, 2.45) is 0 Å². The van der Waals surface area contributed by atoms with E-state index in [-0.39, 0.29) is 11.6 Å². The summed E-state index contributed by atoms with van der Waals surface area (Å²) in [5.41, 5.74) is 5.78. The van der Waals surface area contributed by atoms with Crippen LogP contribution in [0.25, 0.3) is 0 Å². The highest BCUT2D eigenvalue weighted by Crippen LogP contribution is 2.33. The lowest BCUT2D eigenvalue weighted by Gasteiger charge is -2.11. The Bertz CT molecular complexity index is 1570. The van der Waals surface area contributed by atoms with Crippen molar-refractivity contribution in [1.29, 1.82) is 5.26 Å². The largest absolute Gasteiger partial charge is 0.497 e. The molecule has 0 aliphatic rings. The molecule has 0 heterocycles. The molecule has 0 aromatic heterocycles. The van der Waals surface area contributed by atoms with E-state index in [1.165, 1.54) is 6.92 Å². The first-order valence-corrected chi connectivity index (χ1v) is 16.5. The Balaban J connectivity index is 0.000000282. The zero-order chi connectivity index (χ0) is 32.8. The van der Waals surface area contributed by atoms with Crippen LogP contribution in [0.5, 0.6) is 11.5 Å². The third-order valence-corrected chi connectivity index (χ3v) is 8.82. The highest BCUT2D eigenvalue weighted by molar-refractivity contribution is 9.09. The highest BCUT2D eigenvalue weighted by atomic mass is 79.9. The number of methoxy groups -OCH3 is 2. The van der Waals surface area contributed by atoms with Crippen LogP contribution in [-0.4, -0.2) is 31.1 Å². The lowest BCUT2D eigenvalue weighted by molar-refractivity contribution is 0.101. The number of rotatable bonds is 9. The molecule has 0 radical (unpaired) electrons. The number of nitriles is 1. The summed E-state index contributed by atoms with van der Waals surface area (Å²) in [5.74, 6) is 1.96. The molecular formula is C36H38BrNO4S2. The molecule has 0 saturated carbocycles. The number of nitrogens with zero attached hydrogens (tertiary/aromatic N) is 1. The van der Waals surface area contributed by atoms with Gasteiger partial charge in [0.15, 0.2) is 11.6 Å². The number of benzene rings is 4. The molecule has 0 bridgehead atoms. The van der Waals surface area contributed by atoms with Gasteiger partial charge in [-0.1, -0.05) is 39.5 Å². The van der Waals surface area contributed by atoms with Gasteiger partial charge in [0.05, 0.1) is 25.6 Å². The topological polar surface area (TPSA) is 76.4 Å². The Hall–Kier alpha value is -3.51. The SMILES string of the molecule is CC#N.COc1ccc(Sc2cc(C)c(C(=O)CBr)c(C)c2)cc1.COc1ccc(Sc2cc(C)c(C(C)=O)c(C)c2)cc1. The van der Waals surface area contributed by atoms with Crippen LogP contribution in [0.15, 0.2) is 92.4 Å². The van der Waals surface area contributed by atoms with Crippen LogP contribution in [0.1, 0.15) is 56.8 Å². The fourth-order valence-corrected chi connectivity index (χ4v) is 6.90. The molecule has 0 aliphatic heterocycles. The minimum absolute atomic E-state index is 0.126. The number of carbonyl (C=O) groups excluding carboxylic acids is 2. The maximum Gasteiger partial charge on any atom is 0.173 e. The number of hydrogen-bond acceptors (Lipinski definition) is 7. The maximum absolute atomic E-state index is 11.9. The minimum atomic E-state index is 0.126. The van der Waals surface area contributed by atoms with E-state index in [1.807, 2.05) is 76.2 Å². The molecule has 5 nitrogen and oxygen atoms in total. The highest BCUT2D eigenvalue weighted by Gasteiger charge is 2.13. The number of ether oxygens (including phenoxy) is 2. The second-order valence-electron chi connectivity index (χ2n) is 9.76. The van der Waals surface area contributed by atoms with E-state index in [9.17, 15) is 9.59 Å². The zero-order valence-corrected chi connectivity index (χ0v) is 29.6. The summed E-state index contributed by atoms with van der Waals surface area (Å²) in [6.07, 6.45) is 0. The Kier molecular flexibility index (Phi) is 15.3. The van der Waals surface area contributed by atoms with Gasteiger partial charge in [0.1, 0.15) is 11.5 Å². The van der Waals surface area contributed by atoms with Crippen LogP contribution in [0, 0.1) is 39.0 Å². The van der Waals surface area contributed by atoms with Crippen molar-refractivity contribution in [2.45, 2.75) is 61.1 Å². The number of ketones is 2. The molecule has 4 rings (SSSR count). The number of Topliss-reactive ketones (excluding diaryl/α,β-unsaturated/α-hetero) is 2. The number of carbonyl (C=O) groups is 2. The molecule has 230 valence electrons. The standard InChI is InChI=1S/C17H17BrO2S.C17H18O2S.C2H3N/c1-11-8-15(9-12(2)17(11)16(19)10-18)21-14-6-4-13(20-3)5-7-14;1-11-9-16(10-12(2)17(11)13(3)18)20-15-7-5-14(19-4)6-8-15;1-2-3/h4-9H,10H2,1-3H3;5-10H,1-4H3;1H3. The van der Waals surface area contributed by atoms with E-state index in [4.69, 9.17) is 14.7 Å². The van der Waals surface area contributed by atoms with Gasteiger partial charge in [0.2, 0.25) is 0 Å². The van der Waals surface area contributed by atoms with E-state index in [0.29, 0.717) is 5.33 Å². The van der Waals surface area contributed by atoms with Gasteiger partial charge in [-0.15, -0.1) is 0 Å². The molecule has 0 unspecified atom stereocenters. The molecule has 0 N–H and O–H groups in total. The summed E-state index contributed by atoms with van der Waals surface area (Å²) in [7, 11) is 3.32. The number of alkyl halides is 1. The monoisotopic (exact) mass is 691 g/mol. The molecule has 0 saturated heterocycles. The number of aryl methyl sites for hydroxylation is 4. The van der Waals surface area contributed by atoms with Crippen LogP contribution in [0.4, 0.5) is 0 Å². The van der Waals surface area contributed by atoms with Gasteiger partial charge in [-0.25, -0.2) is 0 Å². The minimum Gasteiger partial charge on any atom is -0.497 e. The summed E-state index contributed by atoms with van der Waals surface area (Å²) in [4.78, 5) is 28.1. The summed E-state index contributed by atoms with van der Waals surface area (Å²) in [5, 5.41) is 7.68. The molecule has 0 spiro atoms. The molecule has 0 atom stereocenters. The van der Waals surface area contributed by atoms with Crippen molar-refractivity contribution < 1.29 is 19.1 Å². The Morgan fingerprint density at radius 1 is 0.682 bits per heavy atom. The van der Waals surface area contributed by atoms with Crippen LogP contribution in [0.2, 0.25) is 0 Å². The van der Waals surface area contributed by atoms with E-state index in [2.05, 4.69) is 40.2 Å². The van der Waals surface area contributed by atoms with Gasteiger partial charge in [-0.3, -0.25) is 9.59 Å². The molecule has 44 heavy (non-hydrogen) atoms. The molecule has 0 aliphatic carbocycles. The maximum atomic E-state index is 11.9. The van der Waals surface area contributed by atoms with E-state index >= 15 is 0 Å². The predicted octanol–water partition coefficient (Wildman–Crippen LogP) is 10.2. The first kappa shape index (κ1) is 36.7. The smallest absolute Gasteiger partial charge is 0.173 e. The van der Waals surface area contributed by atoms with Crippen LogP contribution in [-0.2, 0) is 0 Å². The number of halogens is 1. The van der Waals surface area contributed by atoms with Crippen molar-refractivity contribution >= 4 is 51.0 Å². The Morgan fingerprint density at radius 3 is 1.27 bits per heavy atom. The molecule has 8 heteroatoms. The van der Waals surface area contributed by atoms with Gasteiger partial charge in [-0.05, 0) is 130 Å². The van der Waals surface area contributed by atoms with Gasteiger partial charge < -0.3 is 9.47 Å². The van der Waals surface area contributed by atoms with Gasteiger partial charge in [-0.2, -0.15) is 5.26 Å². The van der Waals surface area contributed by atoms with Crippen LogP contribution >= 0.6 is 39.5 Å². The van der Waals surface area contributed by atoms with Gasteiger partial charge in [0, 0.05) is 37.6 Å². The predicted molar refractivity (Wildman–Crippen MR) is 185 cm³/mol. The Morgan fingerprint density at radius 2 is 1.00 bits per heavy atom. The zero-order valence-electron chi connectivity index (χ0n) is 26.4. The molecule has 0 fully saturated rings. The van der Waals surface area contributed by atoms with Crippen molar-refractivity contribution in [2.75, 3.05) is 19.5 Å². The van der Waals surface area contributed by atoms with Gasteiger partial charge >= 0.3 is 0 Å². The van der Waals surface area contributed by atoms with Crippen molar-refractivity contribution in [3.63, 3.8) is 0 Å². The first-order chi connectivity index (χ1) is 21.0. The molecule has 4 aromatic rings. The van der Waals surface area contributed by atoms with Crippen LogP contribution < -0.4 is 9.47 Å². The average molecular weight is 693 g/mol. The van der Waals surface area contributed by atoms with E-state index in [0.717, 1.165) is 64.5 Å². The summed E-state index contributed by atoms with van der Waals surface area (Å²) >= 11 is 6.61. The lowest BCUT2D eigenvalue weighted by Crippen LogP contribution is -2.05. The number of hydrogen-bond donors (Lipinski definition) is 0. The Labute approximate surface area is 278 Å². The van der Waals surface area contributed by atoms with Crippen LogP contribution in [0.3, 0.4) is 0 Å². The fourth-order valence-electron chi connectivity index (χ4n) is 4.59. The van der Waals surface area contributed by atoms with Crippen molar-refractivity contribution in [1.82, 2.24) is 0 Å². The van der Waals surface area contributed by atoms with Crippen molar-refractivity contribution in [3.8, 4) is 17.6 Å². The molecule has 0 amide bonds. The molecular weight excluding hydrogens is 654 g/mol. The summed E-state index contributed by atoms with van der Waals surface area (Å²) < 4.78 is 10.3. The first-order valence-electron chi connectivity index (χ1n) is 13.7. The van der Waals surface area contributed by atoms with E-state index in [1.54, 1.807) is 50.7 Å². The second kappa shape index (κ2) is 18.3. The molecule has 4 aromatic carbocycles. The third kappa shape index (κ3) is 10.9. The average Bonchev–Trinajstić information content (AvgIpc) is 2.97. The quantitative estimate of drug-likeness (QED) is 0.128. The summed E-state index contributed by atoms with van der Waals surface area (Å²) in [6.45, 7) is 11.0. The van der Waals surface area contributed by atoms with Crippen molar-refractivity contribution in [3.05, 3.63) is 106 Å². The second-order valence-corrected chi connectivity index (χ2v) is 12.6. The van der Waals surface area contributed by atoms with Gasteiger partial charge in [0.25, 0.3) is 0 Å². The fraction of sp³-hybridized carbons (Fsp3) is 0.250.